The van der Waals surface area contributed by atoms with Crippen LogP contribution in [0, 0.1) is 11.8 Å². The Morgan fingerprint density at radius 2 is 2.22 bits per heavy atom. The van der Waals surface area contributed by atoms with Crippen LogP contribution in [0.2, 0.25) is 0 Å². The molecule has 18 heavy (non-hydrogen) atoms. The molecule has 1 saturated heterocycles. The summed E-state index contributed by atoms with van der Waals surface area (Å²) >= 11 is 0. The molecule has 3 N–H and O–H groups in total. The average molecular weight is 252 g/mol. The van der Waals surface area contributed by atoms with Gasteiger partial charge in [0, 0.05) is 25.6 Å². The van der Waals surface area contributed by atoms with E-state index < -0.39 is 0 Å². The van der Waals surface area contributed by atoms with Crippen LogP contribution in [0.1, 0.15) is 32.6 Å². The molecule has 1 unspecified atom stereocenters. The monoisotopic (exact) mass is 252 g/mol. The molecule has 0 aromatic rings. The lowest BCUT2D eigenvalue weighted by atomic mass is 10.0. The standard InChI is InChI=1S/C13H24N4O/c1-10-3-2-8-17(9-10)13(14)16-7-6-15-12(18)11-4-5-11/h10-11H,2-9H2,1H3,(H2,14,16)(H,15,18). The molecule has 5 nitrogen and oxygen atoms in total. The molecular formula is C13H24N4O. The molecule has 1 saturated carbocycles. The molecule has 1 aliphatic carbocycles. The van der Waals surface area contributed by atoms with E-state index in [2.05, 4.69) is 22.1 Å². The van der Waals surface area contributed by atoms with Crippen LogP contribution in [0.15, 0.2) is 4.99 Å². The lowest BCUT2D eigenvalue weighted by Crippen LogP contribution is -2.43. The highest BCUT2D eigenvalue weighted by atomic mass is 16.2. The molecule has 0 bridgehead atoms. The van der Waals surface area contributed by atoms with E-state index in [-0.39, 0.29) is 11.8 Å². The maximum atomic E-state index is 11.4. The minimum Gasteiger partial charge on any atom is -0.370 e. The Kier molecular flexibility index (Phi) is 4.44. The number of guanidine groups is 1. The molecule has 1 heterocycles. The molecule has 0 spiro atoms. The molecule has 1 amide bonds. The summed E-state index contributed by atoms with van der Waals surface area (Å²) in [7, 11) is 0. The van der Waals surface area contributed by atoms with E-state index in [1.165, 1.54) is 12.8 Å². The van der Waals surface area contributed by atoms with Gasteiger partial charge in [0.2, 0.25) is 5.91 Å². The molecule has 2 rings (SSSR count). The van der Waals surface area contributed by atoms with E-state index in [9.17, 15) is 4.79 Å². The van der Waals surface area contributed by atoms with Gasteiger partial charge < -0.3 is 16.0 Å². The van der Waals surface area contributed by atoms with Crippen molar-refractivity contribution in [2.24, 2.45) is 22.6 Å². The van der Waals surface area contributed by atoms with E-state index in [0.29, 0.717) is 25.0 Å². The fraction of sp³-hybridized carbons (Fsp3) is 0.846. The second-order valence-corrected chi connectivity index (χ2v) is 5.50. The lowest BCUT2D eigenvalue weighted by molar-refractivity contribution is -0.122. The number of amides is 1. The van der Waals surface area contributed by atoms with E-state index in [4.69, 9.17) is 5.73 Å². The van der Waals surface area contributed by atoms with E-state index >= 15 is 0 Å². The minimum absolute atomic E-state index is 0.176. The molecule has 102 valence electrons. The fourth-order valence-corrected chi connectivity index (χ4v) is 2.34. The summed E-state index contributed by atoms with van der Waals surface area (Å²) in [6.45, 7) is 5.43. The number of hydrogen-bond acceptors (Lipinski definition) is 2. The first kappa shape index (κ1) is 13.2. The Hall–Kier alpha value is -1.26. The number of nitrogens with two attached hydrogens (primary N) is 1. The zero-order chi connectivity index (χ0) is 13.0. The third-order valence-corrected chi connectivity index (χ3v) is 3.61. The number of nitrogens with zero attached hydrogens (tertiary/aromatic N) is 2. The van der Waals surface area contributed by atoms with E-state index in [1.807, 2.05) is 0 Å². The van der Waals surface area contributed by atoms with Gasteiger partial charge >= 0.3 is 0 Å². The Labute approximate surface area is 109 Å². The van der Waals surface area contributed by atoms with Gasteiger partial charge in [-0.05, 0) is 31.6 Å². The second-order valence-electron chi connectivity index (χ2n) is 5.50. The normalized spacial score (nSPS) is 25.1. The van der Waals surface area contributed by atoms with Crippen molar-refractivity contribution in [3.8, 4) is 0 Å². The largest absolute Gasteiger partial charge is 0.370 e. The van der Waals surface area contributed by atoms with Crippen LogP contribution in [-0.4, -0.2) is 42.9 Å². The molecule has 5 heteroatoms. The van der Waals surface area contributed by atoms with Crippen molar-refractivity contribution in [3.63, 3.8) is 0 Å². The maximum Gasteiger partial charge on any atom is 0.223 e. The first-order valence-corrected chi connectivity index (χ1v) is 6.99. The Balaban J connectivity index is 1.66. The highest BCUT2D eigenvalue weighted by Crippen LogP contribution is 2.28. The number of carbonyl (C=O) groups excluding carboxylic acids is 1. The van der Waals surface area contributed by atoms with Gasteiger partial charge in [0.1, 0.15) is 0 Å². The average Bonchev–Trinajstić information content (AvgIpc) is 3.18. The van der Waals surface area contributed by atoms with Gasteiger partial charge in [-0.25, -0.2) is 0 Å². The topological polar surface area (TPSA) is 70.7 Å². The van der Waals surface area contributed by atoms with Gasteiger partial charge in [0.15, 0.2) is 5.96 Å². The quantitative estimate of drug-likeness (QED) is 0.436. The zero-order valence-electron chi connectivity index (χ0n) is 11.2. The van der Waals surface area contributed by atoms with Crippen molar-refractivity contribution < 1.29 is 4.79 Å². The van der Waals surface area contributed by atoms with Crippen molar-refractivity contribution in [2.45, 2.75) is 32.6 Å². The maximum absolute atomic E-state index is 11.4. The van der Waals surface area contributed by atoms with Crippen LogP contribution in [-0.2, 0) is 4.79 Å². The first-order valence-electron chi connectivity index (χ1n) is 6.99. The van der Waals surface area contributed by atoms with Crippen LogP contribution < -0.4 is 11.1 Å². The smallest absolute Gasteiger partial charge is 0.223 e. The van der Waals surface area contributed by atoms with Gasteiger partial charge in [0.05, 0.1) is 6.54 Å². The lowest BCUT2D eigenvalue weighted by Gasteiger charge is -2.31. The minimum atomic E-state index is 0.176. The summed E-state index contributed by atoms with van der Waals surface area (Å²) in [5.74, 6) is 1.77. The highest BCUT2D eigenvalue weighted by molar-refractivity contribution is 5.81. The summed E-state index contributed by atoms with van der Waals surface area (Å²) < 4.78 is 0. The molecule has 1 aliphatic heterocycles. The molecule has 0 aromatic heterocycles. The molecule has 2 fully saturated rings. The number of carbonyl (C=O) groups is 1. The van der Waals surface area contributed by atoms with Crippen LogP contribution in [0.5, 0.6) is 0 Å². The number of aliphatic imine (C=N–C) groups is 1. The number of piperidine rings is 1. The Bertz CT molecular complexity index is 325. The summed E-state index contributed by atoms with van der Waals surface area (Å²) in [6.07, 6.45) is 4.56. The highest BCUT2D eigenvalue weighted by Gasteiger charge is 2.28. The number of hydrogen-bond donors (Lipinski definition) is 2. The number of likely N-dealkylation sites (tertiary alicyclic amines) is 1. The van der Waals surface area contributed by atoms with Gasteiger partial charge in [-0.2, -0.15) is 0 Å². The molecular weight excluding hydrogens is 228 g/mol. The Morgan fingerprint density at radius 1 is 1.44 bits per heavy atom. The summed E-state index contributed by atoms with van der Waals surface area (Å²) in [5, 5.41) is 2.89. The first-order chi connectivity index (χ1) is 8.66. The van der Waals surface area contributed by atoms with Crippen LogP contribution in [0.3, 0.4) is 0 Å². The number of rotatable bonds is 4. The van der Waals surface area contributed by atoms with Crippen LogP contribution in [0.25, 0.3) is 0 Å². The predicted octanol–water partition coefficient (Wildman–Crippen LogP) is 0.559. The van der Waals surface area contributed by atoms with Crippen molar-refractivity contribution in [1.82, 2.24) is 10.2 Å². The zero-order valence-corrected chi connectivity index (χ0v) is 11.2. The fourth-order valence-electron chi connectivity index (χ4n) is 2.34. The second kappa shape index (κ2) is 6.07. The van der Waals surface area contributed by atoms with Gasteiger partial charge in [-0.15, -0.1) is 0 Å². The third kappa shape index (κ3) is 3.89. The van der Waals surface area contributed by atoms with Crippen molar-refractivity contribution in [2.75, 3.05) is 26.2 Å². The molecule has 0 aromatic carbocycles. The van der Waals surface area contributed by atoms with E-state index in [0.717, 1.165) is 25.9 Å². The predicted molar refractivity (Wildman–Crippen MR) is 72.2 cm³/mol. The number of nitrogens with one attached hydrogen (secondary N) is 1. The molecule has 0 radical (unpaired) electrons. The molecule has 1 atom stereocenters. The summed E-state index contributed by atoms with van der Waals surface area (Å²) in [5.41, 5.74) is 5.96. The van der Waals surface area contributed by atoms with Crippen LogP contribution >= 0.6 is 0 Å². The Morgan fingerprint density at radius 3 is 2.89 bits per heavy atom. The van der Waals surface area contributed by atoms with Gasteiger partial charge in [-0.3, -0.25) is 9.79 Å². The van der Waals surface area contributed by atoms with Crippen LogP contribution in [0.4, 0.5) is 0 Å². The summed E-state index contributed by atoms with van der Waals surface area (Å²) in [4.78, 5) is 17.9. The van der Waals surface area contributed by atoms with Gasteiger partial charge in [0.25, 0.3) is 0 Å². The summed E-state index contributed by atoms with van der Waals surface area (Å²) in [6, 6.07) is 0. The van der Waals surface area contributed by atoms with Crippen molar-refractivity contribution >= 4 is 11.9 Å². The SMILES string of the molecule is CC1CCCN(C(N)=NCCNC(=O)C2CC2)C1. The third-order valence-electron chi connectivity index (χ3n) is 3.61. The van der Waals surface area contributed by atoms with Crippen molar-refractivity contribution in [3.05, 3.63) is 0 Å². The molecule has 2 aliphatic rings. The van der Waals surface area contributed by atoms with Gasteiger partial charge in [-0.1, -0.05) is 6.92 Å². The van der Waals surface area contributed by atoms with Crippen molar-refractivity contribution in [1.29, 1.82) is 0 Å². The van der Waals surface area contributed by atoms with E-state index in [1.54, 1.807) is 0 Å².